The minimum absolute atomic E-state index is 0.00775. The van der Waals surface area contributed by atoms with Gasteiger partial charge in [0.1, 0.15) is 5.71 Å². The highest BCUT2D eigenvalue weighted by atomic mass is 16.7. The lowest BCUT2D eigenvalue weighted by Gasteiger charge is -2.18. The summed E-state index contributed by atoms with van der Waals surface area (Å²) >= 11 is 0. The van der Waals surface area contributed by atoms with Gasteiger partial charge in [-0.05, 0) is 60.9 Å². The van der Waals surface area contributed by atoms with Crippen molar-refractivity contribution in [3.05, 3.63) is 59.7 Å². The molecule has 1 unspecified atom stereocenters. The van der Waals surface area contributed by atoms with Gasteiger partial charge >= 0.3 is 11.9 Å². The van der Waals surface area contributed by atoms with Crippen molar-refractivity contribution in [3.8, 4) is 0 Å². The Hall–Kier alpha value is -4.00. The first kappa shape index (κ1) is 30.9. The van der Waals surface area contributed by atoms with E-state index in [4.69, 9.17) is 9.57 Å². The van der Waals surface area contributed by atoms with E-state index in [1.54, 1.807) is 6.07 Å². The van der Waals surface area contributed by atoms with Crippen molar-refractivity contribution in [1.82, 2.24) is 4.57 Å². The molecule has 1 atom stereocenters. The molecule has 4 aromatic rings. The topological polar surface area (TPSA) is 87.0 Å². The van der Waals surface area contributed by atoms with Gasteiger partial charge in [0, 0.05) is 47.1 Å². The van der Waals surface area contributed by atoms with Crippen molar-refractivity contribution in [2.24, 2.45) is 11.1 Å². The smallest absolute Gasteiger partial charge is 0.331 e. The van der Waals surface area contributed by atoms with E-state index >= 15 is 0 Å². The van der Waals surface area contributed by atoms with Gasteiger partial charge in [-0.3, -0.25) is 9.59 Å². The summed E-state index contributed by atoms with van der Waals surface area (Å²) in [6, 6.07) is 16.4. The van der Waals surface area contributed by atoms with Crippen LogP contribution in [0.4, 0.5) is 0 Å². The van der Waals surface area contributed by atoms with Crippen molar-refractivity contribution in [2.45, 2.75) is 86.1 Å². The number of carbonyl (C=O) groups excluding carboxylic acids is 3. The number of ether oxygens (including phenoxy) is 1. The number of Topliss-reactive ketones (excluding diaryl/α,β-unsaturated/α-hetero) is 1. The zero-order valence-electron chi connectivity index (χ0n) is 25.5. The van der Waals surface area contributed by atoms with Gasteiger partial charge in [-0.15, -0.1) is 0 Å². The lowest BCUT2D eigenvalue weighted by molar-refractivity contribution is -0.143. The molecule has 0 aliphatic heterocycles. The number of ketones is 1. The molecule has 0 spiro atoms. The Labute approximate surface area is 247 Å². The van der Waals surface area contributed by atoms with E-state index < -0.39 is 11.9 Å². The summed E-state index contributed by atoms with van der Waals surface area (Å²) in [5, 5.41) is 8.35. The van der Waals surface area contributed by atoms with Crippen LogP contribution in [0.2, 0.25) is 0 Å². The van der Waals surface area contributed by atoms with Crippen LogP contribution in [-0.4, -0.2) is 34.6 Å². The second-order valence-electron chi connectivity index (χ2n) is 11.1. The quantitative estimate of drug-likeness (QED) is 0.0500. The highest BCUT2D eigenvalue weighted by Gasteiger charge is 2.22. The molecule has 1 heterocycles. The van der Waals surface area contributed by atoms with Crippen LogP contribution < -0.4 is 0 Å². The Morgan fingerprint density at radius 3 is 2.36 bits per heavy atom. The molecule has 1 aromatic heterocycles. The van der Waals surface area contributed by atoms with Gasteiger partial charge in [0.05, 0.1) is 18.5 Å². The van der Waals surface area contributed by atoms with Crippen LogP contribution in [0.3, 0.4) is 0 Å². The molecule has 222 valence electrons. The molecule has 3 aromatic carbocycles. The summed E-state index contributed by atoms with van der Waals surface area (Å²) < 4.78 is 7.59. The number of unbranched alkanes of at least 4 members (excludes halogenated alkanes) is 1. The minimum atomic E-state index is -0.636. The Morgan fingerprint density at radius 2 is 1.67 bits per heavy atom. The fraction of sp³-hybridized carbons (Fsp3) is 0.429. The number of carbonyl (C=O) groups is 3. The van der Waals surface area contributed by atoms with Crippen molar-refractivity contribution in [3.63, 3.8) is 0 Å². The van der Waals surface area contributed by atoms with Crippen LogP contribution in [0, 0.1) is 12.8 Å². The number of rotatable bonds is 14. The summed E-state index contributed by atoms with van der Waals surface area (Å²) in [4.78, 5) is 42.2. The first-order chi connectivity index (χ1) is 20.3. The molecular formula is C35H42N2O5. The van der Waals surface area contributed by atoms with Crippen molar-refractivity contribution in [2.75, 3.05) is 6.61 Å². The molecule has 0 fully saturated rings. The van der Waals surface area contributed by atoms with E-state index in [0.29, 0.717) is 24.5 Å². The van der Waals surface area contributed by atoms with E-state index in [1.165, 1.54) is 48.0 Å². The second kappa shape index (κ2) is 14.3. The number of oxime groups is 1. The SMILES string of the molecule is CCCCC(CC)Cn1c2ccc(C(=O)/C(CCC(=O)OCCC)=N/OC(C)=O)cc2c2cc(C)c3ccccc3c21. The zero-order valence-corrected chi connectivity index (χ0v) is 25.5. The van der Waals surface area contributed by atoms with Crippen LogP contribution in [0.5, 0.6) is 0 Å². The molecule has 4 rings (SSSR count). The van der Waals surface area contributed by atoms with Crippen LogP contribution in [0.15, 0.2) is 53.7 Å². The summed E-state index contributed by atoms with van der Waals surface area (Å²) in [5.74, 6) is -0.896. The summed E-state index contributed by atoms with van der Waals surface area (Å²) in [5.41, 5.74) is 3.87. The third-order valence-electron chi connectivity index (χ3n) is 7.90. The van der Waals surface area contributed by atoms with Gasteiger partial charge in [0.25, 0.3) is 0 Å². The Morgan fingerprint density at radius 1 is 0.905 bits per heavy atom. The lowest BCUT2D eigenvalue weighted by atomic mass is 9.98. The minimum Gasteiger partial charge on any atom is -0.466 e. The zero-order chi connectivity index (χ0) is 30.2. The molecule has 42 heavy (non-hydrogen) atoms. The molecule has 0 aliphatic rings. The van der Waals surface area contributed by atoms with Crippen LogP contribution in [0.25, 0.3) is 32.6 Å². The van der Waals surface area contributed by atoms with Crippen LogP contribution in [-0.2, 0) is 25.7 Å². The van der Waals surface area contributed by atoms with Gasteiger partial charge in [-0.1, -0.05) is 69.5 Å². The summed E-state index contributed by atoms with van der Waals surface area (Å²) in [7, 11) is 0. The van der Waals surface area contributed by atoms with E-state index in [0.717, 1.165) is 29.3 Å². The van der Waals surface area contributed by atoms with Gasteiger partial charge < -0.3 is 14.1 Å². The number of hydrogen-bond acceptors (Lipinski definition) is 6. The number of esters is 1. The van der Waals surface area contributed by atoms with Gasteiger partial charge in [-0.2, -0.15) is 0 Å². The Bertz CT molecular complexity index is 1630. The standard InChI is InChI=1S/C35H42N2O5/c1-6-9-12-25(8-3)22-37-32-17-15-26(35(40)31(36-42-24(5)38)16-18-33(39)41-19-7-2)21-29(32)30-20-23(4)27-13-10-11-14-28(27)34(30)37/h10-11,13-15,17,20-21,25H,6-9,12,16,18-19,22H2,1-5H3/b36-31+. The number of hydrogen-bond donors (Lipinski definition) is 0. The molecule has 7 nitrogen and oxygen atoms in total. The predicted octanol–water partition coefficient (Wildman–Crippen LogP) is 8.31. The van der Waals surface area contributed by atoms with Crippen LogP contribution in [0.1, 0.15) is 88.6 Å². The highest BCUT2D eigenvalue weighted by molar-refractivity contribution is 6.46. The van der Waals surface area contributed by atoms with Crippen molar-refractivity contribution < 1.29 is 24.0 Å². The van der Waals surface area contributed by atoms with E-state index in [-0.39, 0.29) is 24.3 Å². The molecule has 0 aliphatic carbocycles. The first-order valence-corrected chi connectivity index (χ1v) is 15.2. The number of aryl methyl sites for hydroxylation is 1. The average molecular weight is 571 g/mol. The predicted molar refractivity (Wildman–Crippen MR) is 169 cm³/mol. The number of nitrogens with zero attached hydrogens (tertiary/aromatic N) is 2. The van der Waals surface area contributed by atoms with Crippen molar-refractivity contribution >= 4 is 56.0 Å². The van der Waals surface area contributed by atoms with Gasteiger partial charge in [0.15, 0.2) is 0 Å². The number of fused-ring (bicyclic) bond motifs is 5. The van der Waals surface area contributed by atoms with Crippen LogP contribution >= 0.6 is 0 Å². The molecule has 0 bridgehead atoms. The molecule has 0 saturated heterocycles. The fourth-order valence-electron chi connectivity index (χ4n) is 5.65. The Kier molecular flexibility index (Phi) is 10.5. The lowest BCUT2D eigenvalue weighted by Crippen LogP contribution is -2.18. The highest BCUT2D eigenvalue weighted by Crippen LogP contribution is 2.37. The van der Waals surface area contributed by atoms with Gasteiger partial charge in [-0.25, -0.2) is 4.79 Å². The molecule has 0 N–H and O–H groups in total. The number of aromatic nitrogens is 1. The van der Waals surface area contributed by atoms with Crippen molar-refractivity contribution in [1.29, 1.82) is 0 Å². The summed E-state index contributed by atoms with van der Waals surface area (Å²) in [6.07, 6.45) is 5.32. The third kappa shape index (κ3) is 6.89. The molecule has 7 heteroatoms. The average Bonchev–Trinajstić information content (AvgIpc) is 3.30. The summed E-state index contributed by atoms with van der Waals surface area (Å²) in [6.45, 7) is 11.0. The normalized spacial score (nSPS) is 12.6. The molecule has 0 radical (unpaired) electrons. The fourth-order valence-corrected chi connectivity index (χ4v) is 5.65. The molecule has 0 saturated carbocycles. The first-order valence-electron chi connectivity index (χ1n) is 15.2. The maximum absolute atomic E-state index is 13.7. The molecular weight excluding hydrogens is 528 g/mol. The van der Waals surface area contributed by atoms with E-state index in [2.05, 4.69) is 60.8 Å². The maximum Gasteiger partial charge on any atom is 0.331 e. The van der Waals surface area contributed by atoms with Gasteiger partial charge in [0.2, 0.25) is 5.78 Å². The second-order valence-corrected chi connectivity index (χ2v) is 11.1. The molecule has 0 amide bonds. The number of benzene rings is 3. The largest absolute Gasteiger partial charge is 0.466 e. The Balaban J connectivity index is 1.83. The van der Waals surface area contributed by atoms with E-state index in [1.807, 2.05) is 19.1 Å². The maximum atomic E-state index is 13.7. The van der Waals surface area contributed by atoms with E-state index in [9.17, 15) is 14.4 Å². The third-order valence-corrected chi connectivity index (χ3v) is 7.90. The monoisotopic (exact) mass is 570 g/mol.